The zero-order valence-electron chi connectivity index (χ0n) is 15.8. The molecule has 0 heterocycles. The third kappa shape index (κ3) is 9.97. The molecule has 0 aromatic heterocycles. The predicted molar refractivity (Wildman–Crippen MR) is 99.1 cm³/mol. The Bertz CT molecular complexity index is 625. The summed E-state index contributed by atoms with van der Waals surface area (Å²) in [5.41, 5.74) is 1.32. The molecule has 27 heavy (non-hydrogen) atoms. The summed E-state index contributed by atoms with van der Waals surface area (Å²) < 4.78 is 42.1. The first-order chi connectivity index (χ1) is 12.7. The van der Waals surface area contributed by atoms with Crippen LogP contribution in [-0.2, 0) is 14.3 Å². The minimum Gasteiger partial charge on any atom is -0.462 e. The van der Waals surface area contributed by atoms with Crippen molar-refractivity contribution in [1.29, 1.82) is 0 Å². The molecule has 0 radical (unpaired) electrons. The van der Waals surface area contributed by atoms with Crippen LogP contribution in [0.4, 0.5) is 13.2 Å². The highest BCUT2D eigenvalue weighted by atomic mass is 19.4. The number of unbranched alkanes of at least 4 members (excludes halogenated alkanes) is 1. The average molecular weight is 384 g/mol. The van der Waals surface area contributed by atoms with Crippen LogP contribution in [0.25, 0.3) is 0 Å². The fraction of sp³-hybridized carbons (Fsp3) is 0.524. The van der Waals surface area contributed by atoms with Crippen molar-refractivity contribution < 1.29 is 27.5 Å². The number of ether oxygens (including phenoxy) is 1. The van der Waals surface area contributed by atoms with Crippen LogP contribution < -0.4 is 0 Å². The van der Waals surface area contributed by atoms with Crippen molar-refractivity contribution >= 4 is 11.8 Å². The van der Waals surface area contributed by atoms with Crippen LogP contribution in [0, 0.1) is 0 Å². The first kappa shape index (κ1) is 22.9. The number of alkyl halides is 3. The van der Waals surface area contributed by atoms with E-state index in [9.17, 15) is 22.8 Å². The summed E-state index contributed by atoms with van der Waals surface area (Å²) in [6, 6.07) is 0. The quantitative estimate of drug-likeness (QED) is 0.208. The number of rotatable bonds is 10. The molecule has 0 N–H and O–H groups in total. The molecule has 0 aromatic carbocycles. The van der Waals surface area contributed by atoms with Crippen molar-refractivity contribution in [1.82, 2.24) is 0 Å². The molecule has 1 rings (SSSR count). The Morgan fingerprint density at radius 2 is 2.00 bits per heavy atom. The Kier molecular flexibility index (Phi) is 9.83. The molecule has 1 unspecified atom stereocenters. The van der Waals surface area contributed by atoms with Gasteiger partial charge in [0.25, 0.3) is 0 Å². The molecule has 0 aromatic rings. The fourth-order valence-corrected chi connectivity index (χ4v) is 2.58. The fourth-order valence-electron chi connectivity index (χ4n) is 2.58. The lowest BCUT2D eigenvalue weighted by atomic mass is 10.1. The van der Waals surface area contributed by atoms with E-state index in [0.717, 1.165) is 12.5 Å². The Hall–Kier alpha value is -2.11. The Morgan fingerprint density at radius 3 is 2.59 bits per heavy atom. The van der Waals surface area contributed by atoms with Crippen LogP contribution in [0.15, 0.2) is 47.6 Å². The van der Waals surface area contributed by atoms with Gasteiger partial charge in [-0.05, 0) is 44.3 Å². The molecular formula is C21H27F3O3. The minimum atomic E-state index is -4.25. The summed E-state index contributed by atoms with van der Waals surface area (Å²) in [5.74, 6) is -0.404. The van der Waals surface area contributed by atoms with Crippen molar-refractivity contribution in [3.05, 3.63) is 47.6 Å². The van der Waals surface area contributed by atoms with Crippen LogP contribution >= 0.6 is 0 Å². The average Bonchev–Trinajstić information content (AvgIpc) is 2.91. The van der Waals surface area contributed by atoms with Gasteiger partial charge in [0, 0.05) is 19.3 Å². The van der Waals surface area contributed by atoms with Gasteiger partial charge >= 0.3 is 12.1 Å². The number of halogens is 3. The molecule has 6 heteroatoms. The molecule has 150 valence electrons. The summed E-state index contributed by atoms with van der Waals surface area (Å²) in [6.07, 6.45) is 6.69. The van der Waals surface area contributed by atoms with Crippen LogP contribution in [0.1, 0.15) is 58.8 Å². The second-order valence-electron chi connectivity index (χ2n) is 6.48. The van der Waals surface area contributed by atoms with Crippen LogP contribution in [-0.4, -0.2) is 24.0 Å². The van der Waals surface area contributed by atoms with Gasteiger partial charge in [-0.1, -0.05) is 36.5 Å². The van der Waals surface area contributed by atoms with Gasteiger partial charge in [-0.2, -0.15) is 13.2 Å². The highest BCUT2D eigenvalue weighted by Crippen LogP contribution is 2.22. The minimum absolute atomic E-state index is 0.0287. The van der Waals surface area contributed by atoms with Crippen LogP contribution in [0.3, 0.4) is 0 Å². The molecule has 0 fully saturated rings. The van der Waals surface area contributed by atoms with Gasteiger partial charge in [-0.15, -0.1) is 0 Å². The lowest BCUT2D eigenvalue weighted by Gasteiger charge is -2.15. The number of allylic oxidation sites excluding steroid dienone is 6. The zero-order valence-corrected chi connectivity index (χ0v) is 15.8. The summed E-state index contributed by atoms with van der Waals surface area (Å²) in [7, 11) is 0. The molecule has 1 aliphatic carbocycles. The lowest BCUT2D eigenvalue weighted by Crippen LogP contribution is -2.17. The third-order valence-electron chi connectivity index (χ3n) is 4.11. The number of hydrogen-bond acceptors (Lipinski definition) is 3. The van der Waals surface area contributed by atoms with E-state index in [-0.39, 0.29) is 24.6 Å². The molecule has 0 aliphatic heterocycles. The highest BCUT2D eigenvalue weighted by Gasteiger charge is 2.24. The molecule has 0 saturated carbocycles. The van der Waals surface area contributed by atoms with E-state index in [1.807, 2.05) is 25.2 Å². The molecule has 0 saturated heterocycles. The maximum atomic E-state index is 12.2. The van der Waals surface area contributed by atoms with Gasteiger partial charge < -0.3 is 4.74 Å². The molecule has 1 aliphatic rings. The molecular weight excluding hydrogens is 357 g/mol. The summed E-state index contributed by atoms with van der Waals surface area (Å²) >= 11 is 0. The monoisotopic (exact) mass is 384 g/mol. The summed E-state index contributed by atoms with van der Waals surface area (Å²) in [5, 5.41) is 0. The standard InChI is InChI=1S/C21H27F3O3/c1-3-4-5-6-10-19(25)27-18(9-7-8-15-21(22,23)24)14-13-17-12-11-16(2)20(17)26/h3-4,7-8,11,13,18H,5-6,9-10,12,14-15H2,1-2H3/b4-3-,8-7-,17-13+. The van der Waals surface area contributed by atoms with E-state index >= 15 is 0 Å². The van der Waals surface area contributed by atoms with Gasteiger partial charge in [0.15, 0.2) is 5.78 Å². The molecule has 0 spiro atoms. The van der Waals surface area contributed by atoms with Crippen molar-refractivity contribution in [3.8, 4) is 0 Å². The van der Waals surface area contributed by atoms with Crippen molar-refractivity contribution in [2.45, 2.75) is 71.1 Å². The van der Waals surface area contributed by atoms with Crippen molar-refractivity contribution in [2.75, 3.05) is 0 Å². The number of carbonyl (C=O) groups excluding carboxylic acids is 2. The van der Waals surface area contributed by atoms with Gasteiger partial charge in [-0.3, -0.25) is 9.59 Å². The first-order valence-electron chi connectivity index (χ1n) is 9.15. The summed E-state index contributed by atoms with van der Waals surface area (Å²) in [4.78, 5) is 23.9. The Balaban J connectivity index is 2.61. The molecule has 3 nitrogen and oxygen atoms in total. The Morgan fingerprint density at radius 1 is 1.26 bits per heavy atom. The maximum Gasteiger partial charge on any atom is 0.392 e. The highest BCUT2D eigenvalue weighted by molar-refractivity contribution is 6.10. The normalized spacial score (nSPS) is 17.9. The van der Waals surface area contributed by atoms with E-state index in [1.165, 1.54) is 6.08 Å². The van der Waals surface area contributed by atoms with Gasteiger partial charge in [0.2, 0.25) is 0 Å². The van der Waals surface area contributed by atoms with Gasteiger partial charge in [0.05, 0.1) is 6.42 Å². The SMILES string of the molecule is C/C=C\CCCC(=O)OC(C/C=C\CC(F)(F)F)C/C=C1\CC=C(C)C1=O. The van der Waals surface area contributed by atoms with E-state index in [2.05, 4.69) is 0 Å². The Labute approximate surface area is 158 Å². The smallest absolute Gasteiger partial charge is 0.392 e. The predicted octanol–water partition coefficient (Wildman–Crippen LogP) is 5.78. The molecule has 0 bridgehead atoms. The zero-order chi connectivity index (χ0) is 20.3. The number of hydrogen-bond donors (Lipinski definition) is 0. The lowest BCUT2D eigenvalue weighted by molar-refractivity contribution is -0.149. The van der Waals surface area contributed by atoms with E-state index in [0.29, 0.717) is 30.4 Å². The number of esters is 1. The number of Topliss-reactive ketones (excluding diaryl/α,β-unsaturated/α-hetero) is 1. The largest absolute Gasteiger partial charge is 0.462 e. The van der Waals surface area contributed by atoms with Gasteiger partial charge in [-0.25, -0.2) is 0 Å². The third-order valence-corrected chi connectivity index (χ3v) is 4.11. The van der Waals surface area contributed by atoms with E-state index in [1.54, 1.807) is 13.0 Å². The molecule has 1 atom stereocenters. The topological polar surface area (TPSA) is 43.4 Å². The van der Waals surface area contributed by atoms with E-state index in [4.69, 9.17) is 4.74 Å². The van der Waals surface area contributed by atoms with Crippen molar-refractivity contribution in [3.63, 3.8) is 0 Å². The molecule has 0 amide bonds. The first-order valence-corrected chi connectivity index (χ1v) is 9.15. The van der Waals surface area contributed by atoms with Crippen molar-refractivity contribution in [2.24, 2.45) is 0 Å². The number of carbonyl (C=O) groups is 2. The second kappa shape index (κ2) is 11.6. The van der Waals surface area contributed by atoms with Gasteiger partial charge in [0.1, 0.15) is 6.10 Å². The second-order valence-corrected chi connectivity index (χ2v) is 6.48. The maximum absolute atomic E-state index is 12.2. The van der Waals surface area contributed by atoms with E-state index < -0.39 is 18.7 Å². The number of ketones is 1. The summed E-state index contributed by atoms with van der Waals surface area (Å²) in [6.45, 7) is 3.64. The van der Waals surface area contributed by atoms with Crippen LogP contribution in [0.2, 0.25) is 0 Å². The van der Waals surface area contributed by atoms with Crippen LogP contribution in [0.5, 0.6) is 0 Å².